The van der Waals surface area contributed by atoms with Crippen molar-refractivity contribution in [3.05, 3.63) is 0 Å². The normalized spacial score (nSPS) is 45.0. The Hall–Kier alpha value is 0.920. The van der Waals surface area contributed by atoms with Crippen LogP contribution in [0.5, 0.6) is 0 Å². The molecule has 1 aliphatic rings. The van der Waals surface area contributed by atoms with E-state index in [9.17, 15) is 0 Å². The Morgan fingerprint density at radius 2 is 2.33 bits per heavy atom. The van der Waals surface area contributed by atoms with Crippen LogP contribution >= 0.6 is 31.9 Å². The fourth-order valence-electron chi connectivity index (χ4n) is 0.789. The summed E-state index contributed by atoms with van der Waals surface area (Å²) in [5.41, 5.74) is 0. The molecule has 0 aliphatic carbocycles. The van der Waals surface area contributed by atoms with Crippen molar-refractivity contribution in [2.75, 3.05) is 13.2 Å². The number of hydrogen-bond donors (Lipinski definition) is 0. The molecule has 54 valence electrons. The molecular weight excluding hydrogens is 248 g/mol. The molecule has 2 atom stereocenters. The van der Waals surface area contributed by atoms with Crippen molar-refractivity contribution < 1.29 is 4.74 Å². The van der Waals surface area contributed by atoms with Crippen molar-refractivity contribution in [1.29, 1.82) is 0 Å². The molecule has 1 nitrogen and oxygen atoms in total. The smallest absolute Gasteiger partial charge is 0.0604 e. The fourth-order valence-corrected chi connectivity index (χ4v) is 1.50. The highest BCUT2D eigenvalue weighted by Crippen LogP contribution is 2.34. The van der Waals surface area contributed by atoms with Gasteiger partial charge in [-0.1, -0.05) is 31.9 Å². The maximum atomic E-state index is 5.24. The van der Waals surface area contributed by atoms with Crippen LogP contribution < -0.4 is 0 Å². The van der Waals surface area contributed by atoms with Gasteiger partial charge in [-0.15, -0.1) is 0 Å². The van der Waals surface area contributed by atoms with Crippen LogP contribution in [0.25, 0.3) is 0 Å². The predicted octanol–water partition coefficient (Wildman–Crippen LogP) is 2.32. The zero-order valence-electron chi connectivity index (χ0n) is 5.36. The van der Waals surface area contributed by atoms with Gasteiger partial charge in [0.15, 0.2) is 0 Å². The Balaban J connectivity index is 2.49. The first-order valence-corrected chi connectivity index (χ1v) is 4.74. The molecule has 1 heterocycles. The van der Waals surface area contributed by atoms with Gasteiger partial charge in [0, 0.05) is 10.9 Å². The van der Waals surface area contributed by atoms with E-state index in [2.05, 4.69) is 38.8 Å². The minimum Gasteiger partial charge on any atom is -0.380 e. The minimum absolute atomic E-state index is 0.241. The van der Waals surface area contributed by atoms with Crippen LogP contribution in [0.1, 0.15) is 13.3 Å². The predicted molar refractivity (Wildman–Crippen MR) is 45.5 cm³/mol. The van der Waals surface area contributed by atoms with Gasteiger partial charge in [0.2, 0.25) is 0 Å². The number of alkyl halides is 2. The van der Waals surface area contributed by atoms with Gasteiger partial charge in [-0.2, -0.15) is 0 Å². The molecule has 1 rings (SSSR count). The summed E-state index contributed by atoms with van der Waals surface area (Å²) < 4.78 is 5.48. The lowest BCUT2D eigenvalue weighted by atomic mass is 10.0. The summed E-state index contributed by atoms with van der Waals surface area (Å²) >= 11 is 7.17. The fraction of sp³-hybridized carbons (Fsp3) is 1.00. The Morgan fingerprint density at radius 3 is 2.67 bits per heavy atom. The number of halogens is 2. The van der Waals surface area contributed by atoms with E-state index in [1.165, 1.54) is 0 Å². The molecule has 1 fully saturated rings. The van der Waals surface area contributed by atoms with Crippen molar-refractivity contribution in [2.24, 2.45) is 0 Å². The molecule has 3 heteroatoms. The van der Waals surface area contributed by atoms with Crippen molar-refractivity contribution in [1.82, 2.24) is 0 Å². The summed E-state index contributed by atoms with van der Waals surface area (Å²) in [4.78, 5) is 0.457. The van der Waals surface area contributed by atoms with Crippen LogP contribution in [0.2, 0.25) is 0 Å². The average Bonchev–Trinajstić information content (AvgIpc) is 1.77. The topological polar surface area (TPSA) is 9.23 Å². The van der Waals surface area contributed by atoms with E-state index >= 15 is 0 Å². The molecule has 0 spiro atoms. The van der Waals surface area contributed by atoms with Gasteiger partial charge in [0.05, 0.1) is 11.4 Å². The maximum absolute atomic E-state index is 5.24. The third-order valence-corrected chi connectivity index (χ3v) is 4.49. The zero-order chi connectivity index (χ0) is 6.91. The Morgan fingerprint density at radius 1 is 1.67 bits per heavy atom. The van der Waals surface area contributed by atoms with E-state index in [4.69, 9.17) is 4.74 Å². The van der Waals surface area contributed by atoms with Crippen LogP contribution in [0.3, 0.4) is 0 Å². The molecule has 0 aromatic rings. The van der Waals surface area contributed by atoms with Crippen molar-refractivity contribution in [2.45, 2.75) is 22.5 Å². The molecular formula is C6H10Br2O. The summed E-state index contributed by atoms with van der Waals surface area (Å²) in [6.07, 6.45) is 1.09. The summed E-state index contributed by atoms with van der Waals surface area (Å²) in [6, 6.07) is 0. The second-order valence-corrected chi connectivity index (χ2v) is 5.49. The Bertz CT molecular complexity index is 103. The van der Waals surface area contributed by atoms with Gasteiger partial charge in [-0.3, -0.25) is 0 Å². The molecule has 1 aliphatic heterocycles. The van der Waals surface area contributed by atoms with Gasteiger partial charge in [-0.25, -0.2) is 0 Å². The standard InChI is InChI=1S/C6H10Br2O/c1-6(8)2-3-9-4-5(6)7/h5H,2-4H2,1H3. The highest BCUT2D eigenvalue weighted by Gasteiger charge is 2.32. The highest BCUT2D eigenvalue weighted by molar-refractivity contribution is 9.12. The van der Waals surface area contributed by atoms with Crippen molar-refractivity contribution in [3.63, 3.8) is 0 Å². The molecule has 0 aromatic heterocycles. The van der Waals surface area contributed by atoms with E-state index in [-0.39, 0.29) is 4.32 Å². The Kier molecular flexibility index (Phi) is 2.57. The lowest BCUT2D eigenvalue weighted by Crippen LogP contribution is -2.38. The molecule has 1 saturated heterocycles. The zero-order valence-corrected chi connectivity index (χ0v) is 8.53. The van der Waals surface area contributed by atoms with Crippen LogP contribution in [-0.2, 0) is 4.74 Å². The van der Waals surface area contributed by atoms with Gasteiger partial charge in [-0.05, 0) is 13.3 Å². The Labute approximate surface area is 72.4 Å². The number of ether oxygens (including phenoxy) is 1. The van der Waals surface area contributed by atoms with Crippen LogP contribution in [0, 0.1) is 0 Å². The quantitative estimate of drug-likeness (QED) is 0.606. The maximum Gasteiger partial charge on any atom is 0.0604 e. The molecule has 0 bridgehead atoms. The van der Waals surface area contributed by atoms with Gasteiger partial charge >= 0.3 is 0 Å². The third-order valence-electron chi connectivity index (χ3n) is 1.65. The van der Waals surface area contributed by atoms with Crippen molar-refractivity contribution >= 4 is 31.9 Å². The van der Waals surface area contributed by atoms with E-state index in [1.807, 2.05) is 0 Å². The van der Waals surface area contributed by atoms with Gasteiger partial charge < -0.3 is 4.74 Å². The van der Waals surface area contributed by atoms with E-state index in [0.29, 0.717) is 4.83 Å². The van der Waals surface area contributed by atoms with E-state index in [1.54, 1.807) is 0 Å². The molecule has 9 heavy (non-hydrogen) atoms. The van der Waals surface area contributed by atoms with Crippen molar-refractivity contribution in [3.8, 4) is 0 Å². The summed E-state index contributed by atoms with van der Waals surface area (Å²) in [6.45, 7) is 3.89. The largest absolute Gasteiger partial charge is 0.380 e. The summed E-state index contributed by atoms with van der Waals surface area (Å²) in [5, 5.41) is 0. The number of rotatable bonds is 0. The lowest BCUT2D eigenvalue weighted by Gasteiger charge is -2.32. The van der Waals surface area contributed by atoms with Crippen LogP contribution in [0.15, 0.2) is 0 Å². The lowest BCUT2D eigenvalue weighted by molar-refractivity contribution is 0.0898. The molecule has 0 radical (unpaired) electrons. The van der Waals surface area contributed by atoms with E-state index in [0.717, 1.165) is 19.6 Å². The van der Waals surface area contributed by atoms with E-state index < -0.39 is 0 Å². The summed E-state index contributed by atoms with van der Waals surface area (Å²) in [7, 11) is 0. The van der Waals surface area contributed by atoms with Gasteiger partial charge in [0.1, 0.15) is 0 Å². The monoisotopic (exact) mass is 256 g/mol. The molecule has 0 N–H and O–H groups in total. The first-order valence-electron chi connectivity index (χ1n) is 3.04. The molecule has 2 unspecified atom stereocenters. The van der Waals surface area contributed by atoms with Gasteiger partial charge in [0.25, 0.3) is 0 Å². The first kappa shape index (κ1) is 8.02. The minimum atomic E-state index is 0.241. The SMILES string of the molecule is CC1(Br)CCOCC1Br. The third kappa shape index (κ3) is 1.92. The average molecular weight is 258 g/mol. The number of hydrogen-bond acceptors (Lipinski definition) is 1. The van der Waals surface area contributed by atoms with Crippen LogP contribution in [-0.4, -0.2) is 22.4 Å². The molecule has 0 saturated carbocycles. The molecule has 0 amide bonds. The highest BCUT2D eigenvalue weighted by atomic mass is 79.9. The summed E-state index contributed by atoms with van der Waals surface area (Å²) in [5.74, 6) is 0. The first-order chi connectivity index (χ1) is 4.13. The molecule has 0 aromatic carbocycles. The van der Waals surface area contributed by atoms with Crippen LogP contribution in [0.4, 0.5) is 0 Å². The second kappa shape index (κ2) is 2.89. The second-order valence-electron chi connectivity index (χ2n) is 2.57.